The van der Waals surface area contributed by atoms with Crippen LogP contribution in [0.2, 0.25) is 10.0 Å². The summed E-state index contributed by atoms with van der Waals surface area (Å²) in [7, 11) is 0. The molecule has 4 nitrogen and oxygen atoms in total. The molecule has 1 atom stereocenters. The van der Waals surface area contributed by atoms with E-state index in [1.54, 1.807) is 30.0 Å². The Balaban J connectivity index is 2.30. The Kier molecular flexibility index (Phi) is 8.35. The van der Waals surface area contributed by atoms with Gasteiger partial charge >= 0.3 is 0 Å². The van der Waals surface area contributed by atoms with Gasteiger partial charge in [-0.05, 0) is 56.2 Å². The number of carbonyl (C=O) groups excluding carboxylic acids is 2. The van der Waals surface area contributed by atoms with Gasteiger partial charge in [0.2, 0.25) is 11.8 Å². The van der Waals surface area contributed by atoms with Crippen LogP contribution >= 0.6 is 39.1 Å². The fourth-order valence-electron chi connectivity index (χ4n) is 2.77. The average molecular weight is 486 g/mol. The Morgan fingerprint density at radius 3 is 2.25 bits per heavy atom. The third-order valence-corrected chi connectivity index (χ3v) is 5.43. The molecule has 7 heteroatoms. The Morgan fingerprint density at radius 2 is 1.68 bits per heavy atom. The van der Waals surface area contributed by atoms with Crippen molar-refractivity contribution in [1.29, 1.82) is 0 Å². The van der Waals surface area contributed by atoms with Gasteiger partial charge in [-0.15, -0.1) is 0 Å². The van der Waals surface area contributed by atoms with Gasteiger partial charge in [0.1, 0.15) is 6.04 Å². The molecule has 0 bridgehead atoms. The summed E-state index contributed by atoms with van der Waals surface area (Å²) in [5.41, 5.74) is 1.48. The summed E-state index contributed by atoms with van der Waals surface area (Å²) in [5.74, 6) is -0.426. The van der Waals surface area contributed by atoms with Crippen molar-refractivity contribution in [1.82, 2.24) is 10.2 Å². The third-order valence-electron chi connectivity index (χ3n) is 4.23. The topological polar surface area (TPSA) is 49.4 Å². The number of amides is 2. The zero-order valence-electron chi connectivity index (χ0n) is 16.0. The molecule has 0 saturated carbocycles. The fourth-order valence-corrected chi connectivity index (χ4v) is 3.75. The summed E-state index contributed by atoms with van der Waals surface area (Å²) in [6, 6.07) is 12.1. The molecule has 0 fully saturated rings. The Bertz CT molecular complexity index is 838. The standard InChI is InChI=1S/C21H23BrCl2N2O2/c1-13(2)25-21(28)14(3)26(12-15-6-4-7-16(22)10-15)20(27)11-17-18(23)8-5-9-19(17)24/h4-10,13-14H,11-12H2,1-3H3,(H,25,28)/t14-/m0/s1. The molecule has 1 N–H and O–H groups in total. The van der Waals surface area contributed by atoms with Crippen LogP contribution in [0.1, 0.15) is 31.9 Å². The fraction of sp³-hybridized carbons (Fsp3) is 0.333. The van der Waals surface area contributed by atoms with Crippen molar-refractivity contribution in [2.24, 2.45) is 0 Å². The van der Waals surface area contributed by atoms with Crippen molar-refractivity contribution in [2.45, 2.75) is 45.8 Å². The van der Waals surface area contributed by atoms with Crippen molar-refractivity contribution in [2.75, 3.05) is 0 Å². The monoisotopic (exact) mass is 484 g/mol. The largest absolute Gasteiger partial charge is 0.352 e. The molecule has 0 unspecified atom stereocenters. The van der Waals surface area contributed by atoms with E-state index in [0.717, 1.165) is 10.0 Å². The first-order chi connectivity index (χ1) is 13.2. The number of nitrogens with zero attached hydrogens (tertiary/aromatic N) is 1. The van der Waals surface area contributed by atoms with E-state index in [1.165, 1.54) is 0 Å². The normalized spacial score (nSPS) is 12.0. The second kappa shape index (κ2) is 10.3. The highest BCUT2D eigenvalue weighted by atomic mass is 79.9. The van der Waals surface area contributed by atoms with Crippen LogP contribution < -0.4 is 5.32 Å². The summed E-state index contributed by atoms with van der Waals surface area (Å²) >= 11 is 15.9. The number of hydrogen-bond acceptors (Lipinski definition) is 2. The number of hydrogen-bond donors (Lipinski definition) is 1. The van der Waals surface area contributed by atoms with E-state index >= 15 is 0 Å². The second-order valence-corrected chi connectivity index (χ2v) is 8.60. The first-order valence-corrected chi connectivity index (χ1v) is 10.5. The smallest absolute Gasteiger partial charge is 0.242 e. The molecule has 0 aliphatic rings. The van der Waals surface area contributed by atoms with E-state index in [1.807, 2.05) is 38.1 Å². The maximum Gasteiger partial charge on any atom is 0.242 e. The SMILES string of the molecule is CC(C)NC(=O)[C@H](C)N(Cc1cccc(Br)c1)C(=O)Cc1c(Cl)cccc1Cl. The van der Waals surface area contributed by atoms with Gasteiger partial charge < -0.3 is 10.2 Å². The van der Waals surface area contributed by atoms with Crippen LogP contribution in [0.3, 0.4) is 0 Å². The number of benzene rings is 2. The first-order valence-electron chi connectivity index (χ1n) is 8.96. The summed E-state index contributed by atoms with van der Waals surface area (Å²) in [5, 5.41) is 3.73. The summed E-state index contributed by atoms with van der Waals surface area (Å²) in [6.45, 7) is 5.79. The molecular formula is C21H23BrCl2N2O2. The highest BCUT2D eigenvalue weighted by molar-refractivity contribution is 9.10. The molecule has 0 aromatic heterocycles. The molecule has 0 saturated heterocycles. The zero-order valence-corrected chi connectivity index (χ0v) is 19.1. The molecule has 2 aromatic carbocycles. The van der Waals surface area contributed by atoms with Crippen LogP contribution in [0.25, 0.3) is 0 Å². The summed E-state index contributed by atoms with van der Waals surface area (Å²) < 4.78 is 0.908. The maximum absolute atomic E-state index is 13.2. The van der Waals surface area contributed by atoms with Crippen LogP contribution in [0.15, 0.2) is 46.9 Å². The Labute approximate surface area is 184 Å². The quantitative estimate of drug-likeness (QED) is 0.582. The van der Waals surface area contributed by atoms with Gasteiger partial charge in [0, 0.05) is 27.1 Å². The predicted molar refractivity (Wildman–Crippen MR) is 118 cm³/mol. The third kappa shape index (κ3) is 6.23. The van der Waals surface area contributed by atoms with Crippen molar-refractivity contribution >= 4 is 50.9 Å². The molecular weight excluding hydrogens is 463 g/mol. The number of rotatable bonds is 7. The van der Waals surface area contributed by atoms with E-state index in [0.29, 0.717) is 22.2 Å². The summed E-state index contributed by atoms with van der Waals surface area (Å²) in [4.78, 5) is 27.3. The van der Waals surface area contributed by atoms with Crippen LogP contribution in [-0.2, 0) is 22.6 Å². The predicted octanol–water partition coefficient (Wildman–Crippen LogP) is 5.24. The van der Waals surface area contributed by atoms with Gasteiger partial charge in [-0.3, -0.25) is 9.59 Å². The van der Waals surface area contributed by atoms with Crippen molar-refractivity contribution in [3.63, 3.8) is 0 Å². The molecule has 0 aliphatic heterocycles. The molecule has 0 aliphatic carbocycles. The van der Waals surface area contributed by atoms with Crippen LogP contribution in [0.4, 0.5) is 0 Å². The minimum Gasteiger partial charge on any atom is -0.352 e. The lowest BCUT2D eigenvalue weighted by Gasteiger charge is -2.29. The minimum absolute atomic E-state index is 0.0178. The van der Waals surface area contributed by atoms with Crippen LogP contribution in [0.5, 0.6) is 0 Å². The van der Waals surface area contributed by atoms with E-state index in [9.17, 15) is 9.59 Å². The molecule has 2 aromatic rings. The molecule has 0 radical (unpaired) electrons. The second-order valence-electron chi connectivity index (χ2n) is 6.87. The van der Waals surface area contributed by atoms with Gasteiger partial charge in [-0.25, -0.2) is 0 Å². The van der Waals surface area contributed by atoms with Crippen LogP contribution in [-0.4, -0.2) is 28.8 Å². The van der Waals surface area contributed by atoms with Crippen molar-refractivity contribution in [3.05, 3.63) is 68.1 Å². The zero-order chi connectivity index (χ0) is 20.8. The first kappa shape index (κ1) is 22.7. The van der Waals surface area contributed by atoms with Gasteiger partial charge in [0.25, 0.3) is 0 Å². The molecule has 0 spiro atoms. The van der Waals surface area contributed by atoms with E-state index in [2.05, 4.69) is 21.2 Å². The van der Waals surface area contributed by atoms with E-state index in [-0.39, 0.29) is 24.3 Å². The van der Waals surface area contributed by atoms with E-state index in [4.69, 9.17) is 23.2 Å². The van der Waals surface area contributed by atoms with Crippen molar-refractivity contribution < 1.29 is 9.59 Å². The molecule has 2 rings (SSSR count). The van der Waals surface area contributed by atoms with Gasteiger partial charge in [0.15, 0.2) is 0 Å². The maximum atomic E-state index is 13.2. The number of halogens is 3. The van der Waals surface area contributed by atoms with Gasteiger partial charge in [0.05, 0.1) is 6.42 Å². The minimum atomic E-state index is -0.643. The highest BCUT2D eigenvalue weighted by Gasteiger charge is 2.27. The van der Waals surface area contributed by atoms with Gasteiger partial charge in [-0.2, -0.15) is 0 Å². The molecule has 2 amide bonds. The summed E-state index contributed by atoms with van der Waals surface area (Å²) in [6.07, 6.45) is 0.0197. The molecule has 150 valence electrons. The Hall–Kier alpha value is -1.56. The lowest BCUT2D eigenvalue weighted by Crippen LogP contribution is -2.49. The lowest BCUT2D eigenvalue weighted by atomic mass is 10.1. The van der Waals surface area contributed by atoms with Crippen molar-refractivity contribution in [3.8, 4) is 0 Å². The molecule has 0 heterocycles. The lowest BCUT2D eigenvalue weighted by molar-refractivity contribution is -0.140. The Morgan fingerprint density at radius 1 is 1.07 bits per heavy atom. The number of carbonyl (C=O) groups is 2. The van der Waals surface area contributed by atoms with E-state index < -0.39 is 6.04 Å². The van der Waals surface area contributed by atoms with Crippen LogP contribution in [0, 0.1) is 0 Å². The highest BCUT2D eigenvalue weighted by Crippen LogP contribution is 2.26. The molecule has 28 heavy (non-hydrogen) atoms. The average Bonchev–Trinajstić information content (AvgIpc) is 2.61. The van der Waals surface area contributed by atoms with Gasteiger partial charge in [-0.1, -0.05) is 57.3 Å². The number of nitrogens with one attached hydrogen (secondary N) is 1.